The van der Waals surface area contributed by atoms with Gasteiger partial charge in [0, 0.05) is 13.1 Å². The van der Waals surface area contributed by atoms with Crippen molar-refractivity contribution in [3.8, 4) is 6.07 Å². The van der Waals surface area contributed by atoms with E-state index in [9.17, 15) is 0 Å². The number of hydrogen-bond acceptors (Lipinski definition) is 2. The van der Waals surface area contributed by atoms with E-state index in [4.69, 9.17) is 16.9 Å². The second-order valence-corrected chi connectivity index (χ2v) is 3.68. The second-order valence-electron chi connectivity index (χ2n) is 3.27. The Balaban J connectivity index is 2.84. The molecule has 0 N–H and O–H groups in total. The summed E-state index contributed by atoms with van der Waals surface area (Å²) >= 11 is 6.04. The van der Waals surface area contributed by atoms with Crippen molar-refractivity contribution in [3.05, 3.63) is 29.3 Å². The van der Waals surface area contributed by atoms with E-state index in [1.165, 1.54) is 0 Å². The average molecular weight is 209 g/mol. The largest absolute Gasteiger partial charge is 0.370 e. The molecule has 0 saturated heterocycles. The van der Waals surface area contributed by atoms with E-state index < -0.39 is 0 Å². The molecule has 1 rings (SSSR count). The molecule has 1 aromatic carbocycles. The van der Waals surface area contributed by atoms with Gasteiger partial charge in [0.2, 0.25) is 0 Å². The predicted molar refractivity (Wildman–Crippen MR) is 59.5 cm³/mol. The summed E-state index contributed by atoms with van der Waals surface area (Å²) in [5.74, 6) is 0. The van der Waals surface area contributed by atoms with E-state index in [-0.39, 0.29) is 6.04 Å². The summed E-state index contributed by atoms with van der Waals surface area (Å²) in [4.78, 5) is 2.02. The van der Waals surface area contributed by atoms with Crippen LogP contribution in [0.5, 0.6) is 0 Å². The summed E-state index contributed by atoms with van der Waals surface area (Å²) in [7, 11) is 1.95. The number of benzene rings is 1. The van der Waals surface area contributed by atoms with Crippen LogP contribution in [-0.2, 0) is 0 Å². The average Bonchev–Trinajstić information content (AvgIpc) is 2.18. The smallest absolute Gasteiger partial charge is 0.0643 e. The fourth-order valence-corrected chi connectivity index (χ4v) is 1.51. The molecule has 0 fully saturated rings. The van der Waals surface area contributed by atoms with Crippen LogP contribution < -0.4 is 4.90 Å². The summed E-state index contributed by atoms with van der Waals surface area (Å²) < 4.78 is 0. The van der Waals surface area contributed by atoms with Crippen molar-refractivity contribution in [3.63, 3.8) is 0 Å². The lowest BCUT2D eigenvalue weighted by Gasteiger charge is -2.25. The molecular weight excluding hydrogens is 196 g/mol. The number of anilines is 1. The van der Waals surface area contributed by atoms with Crippen molar-refractivity contribution < 1.29 is 0 Å². The lowest BCUT2D eigenvalue weighted by molar-refractivity contribution is 0.703. The van der Waals surface area contributed by atoms with Gasteiger partial charge in [-0.15, -0.1) is 0 Å². The zero-order valence-electron chi connectivity index (χ0n) is 8.37. The van der Waals surface area contributed by atoms with Crippen LogP contribution in [-0.4, -0.2) is 13.1 Å². The third-order valence-electron chi connectivity index (χ3n) is 2.28. The highest BCUT2D eigenvalue weighted by Gasteiger charge is 2.11. The minimum Gasteiger partial charge on any atom is -0.370 e. The summed E-state index contributed by atoms with van der Waals surface area (Å²) in [6.07, 6.45) is 0.502. The molecule has 0 spiro atoms. The molecular formula is C11H13ClN2. The van der Waals surface area contributed by atoms with Gasteiger partial charge in [-0.05, 0) is 19.1 Å². The van der Waals surface area contributed by atoms with Crippen LogP contribution in [0, 0.1) is 11.3 Å². The quantitative estimate of drug-likeness (QED) is 0.764. The molecule has 1 aromatic rings. The molecule has 0 aliphatic carbocycles. The zero-order chi connectivity index (χ0) is 10.6. The summed E-state index contributed by atoms with van der Waals surface area (Å²) in [5.41, 5.74) is 0.969. The Morgan fingerprint density at radius 2 is 2.14 bits per heavy atom. The van der Waals surface area contributed by atoms with Gasteiger partial charge in [0.1, 0.15) is 0 Å². The van der Waals surface area contributed by atoms with E-state index in [0.29, 0.717) is 6.42 Å². The molecule has 0 amide bonds. The van der Waals surface area contributed by atoms with E-state index in [2.05, 4.69) is 6.07 Å². The zero-order valence-corrected chi connectivity index (χ0v) is 9.12. The molecule has 0 heterocycles. The Bertz CT molecular complexity index is 343. The highest BCUT2D eigenvalue weighted by atomic mass is 35.5. The first-order valence-electron chi connectivity index (χ1n) is 4.51. The Morgan fingerprint density at radius 1 is 1.50 bits per heavy atom. The molecule has 1 atom stereocenters. The van der Waals surface area contributed by atoms with Gasteiger partial charge in [-0.3, -0.25) is 0 Å². The van der Waals surface area contributed by atoms with Gasteiger partial charge >= 0.3 is 0 Å². The van der Waals surface area contributed by atoms with E-state index in [1.807, 2.05) is 43.1 Å². The van der Waals surface area contributed by atoms with Crippen molar-refractivity contribution in [2.75, 3.05) is 11.9 Å². The lowest BCUT2D eigenvalue weighted by atomic mass is 10.2. The van der Waals surface area contributed by atoms with Crippen LogP contribution >= 0.6 is 11.6 Å². The first-order valence-corrected chi connectivity index (χ1v) is 4.89. The van der Waals surface area contributed by atoms with Gasteiger partial charge in [0.05, 0.1) is 23.2 Å². The number of nitrogens with zero attached hydrogens (tertiary/aromatic N) is 2. The lowest BCUT2D eigenvalue weighted by Crippen LogP contribution is -2.28. The molecule has 0 aromatic heterocycles. The number of para-hydroxylation sites is 1. The fourth-order valence-electron chi connectivity index (χ4n) is 1.24. The molecule has 14 heavy (non-hydrogen) atoms. The van der Waals surface area contributed by atoms with Crippen LogP contribution in [0.4, 0.5) is 5.69 Å². The van der Waals surface area contributed by atoms with Crippen LogP contribution in [0.2, 0.25) is 5.02 Å². The maximum absolute atomic E-state index is 8.59. The topological polar surface area (TPSA) is 27.0 Å². The third-order valence-corrected chi connectivity index (χ3v) is 2.60. The fraction of sp³-hybridized carbons (Fsp3) is 0.364. The number of halogens is 1. The minimum absolute atomic E-state index is 0.180. The van der Waals surface area contributed by atoms with Crippen LogP contribution in [0.15, 0.2) is 24.3 Å². The molecule has 0 radical (unpaired) electrons. The predicted octanol–water partition coefficient (Wildman–Crippen LogP) is 3.08. The first kappa shape index (κ1) is 10.9. The van der Waals surface area contributed by atoms with Crippen LogP contribution in [0.3, 0.4) is 0 Å². The van der Waals surface area contributed by atoms with Gasteiger partial charge in [-0.1, -0.05) is 23.7 Å². The molecule has 1 unspecified atom stereocenters. The van der Waals surface area contributed by atoms with Crippen molar-refractivity contribution in [1.82, 2.24) is 0 Å². The van der Waals surface area contributed by atoms with Gasteiger partial charge < -0.3 is 4.90 Å². The van der Waals surface area contributed by atoms with E-state index in [1.54, 1.807) is 0 Å². The molecule has 2 nitrogen and oxygen atoms in total. The molecule has 0 aliphatic heterocycles. The van der Waals surface area contributed by atoms with Crippen LogP contribution in [0.25, 0.3) is 0 Å². The normalized spacial score (nSPS) is 11.9. The number of rotatable bonds is 3. The molecule has 0 bridgehead atoms. The Morgan fingerprint density at radius 3 is 2.71 bits per heavy atom. The number of nitriles is 1. The van der Waals surface area contributed by atoms with Gasteiger partial charge in [0.15, 0.2) is 0 Å². The molecule has 3 heteroatoms. The maximum Gasteiger partial charge on any atom is 0.0643 e. The van der Waals surface area contributed by atoms with Crippen molar-refractivity contribution in [2.24, 2.45) is 0 Å². The van der Waals surface area contributed by atoms with Crippen molar-refractivity contribution in [2.45, 2.75) is 19.4 Å². The Kier molecular flexibility index (Phi) is 3.79. The highest BCUT2D eigenvalue weighted by Crippen LogP contribution is 2.25. The second kappa shape index (κ2) is 4.88. The van der Waals surface area contributed by atoms with Crippen molar-refractivity contribution >= 4 is 17.3 Å². The summed E-state index contributed by atoms with van der Waals surface area (Å²) in [5, 5.41) is 9.31. The highest BCUT2D eigenvalue weighted by molar-refractivity contribution is 6.33. The number of hydrogen-bond donors (Lipinski definition) is 0. The Labute approximate surface area is 89.7 Å². The van der Waals surface area contributed by atoms with Gasteiger partial charge in [0.25, 0.3) is 0 Å². The standard InChI is InChI=1S/C11H13ClN2/c1-9(7-8-13)14(2)11-6-4-3-5-10(11)12/h3-6,9H,7H2,1-2H3. The maximum atomic E-state index is 8.59. The van der Waals surface area contributed by atoms with Crippen LogP contribution in [0.1, 0.15) is 13.3 Å². The molecule has 74 valence electrons. The summed E-state index contributed by atoms with van der Waals surface area (Å²) in [6.45, 7) is 2.01. The van der Waals surface area contributed by atoms with Gasteiger partial charge in [-0.25, -0.2) is 0 Å². The minimum atomic E-state index is 0.180. The van der Waals surface area contributed by atoms with Gasteiger partial charge in [-0.2, -0.15) is 5.26 Å². The Hall–Kier alpha value is -1.20. The van der Waals surface area contributed by atoms with E-state index >= 15 is 0 Å². The monoisotopic (exact) mass is 208 g/mol. The SMILES string of the molecule is CC(CC#N)N(C)c1ccccc1Cl. The summed E-state index contributed by atoms with van der Waals surface area (Å²) in [6, 6.07) is 9.98. The first-order chi connectivity index (χ1) is 6.66. The van der Waals surface area contributed by atoms with Crippen molar-refractivity contribution in [1.29, 1.82) is 5.26 Å². The molecule has 0 saturated carbocycles. The third kappa shape index (κ3) is 2.40. The molecule has 0 aliphatic rings. The van der Waals surface area contributed by atoms with E-state index in [0.717, 1.165) is 10.7 Å².